The molecule has 1 fully saturated rings. The normalized spacial score (nSPS) is 18.8. The molecular formula is C25H26F2N4O3. The molecule has 2 aromatic heterocycles. The lowest BCUT2D eigenvalue weighted by Crippen LogP contribution is -2.46. The predicted octanol–water partition coefficient (Wildman–Crippen LogP) is 4.16. The second-order valence-electron chi connectivity index (χ2n) is 8.73. The van der Waals surface area contributed by atoms with Crippen LogP contribution < -0.4 is 5.32 Å². The van der Waals surface area contributed by atoms with E-state index in [1.165, 1.54) is 18.0 Å². The van der Waals surface area contributed by atoms with Crippen molar-refractivity contribution < 1.29 is 22.9 Å². The van der Waals surface area contributed by atoms with Crippen molar-refractivity contribution in [2.24, 2.45) is 0 Å². The van der Waals surface area contributed by atoms with Crippen molar-refractivity contribution in [3.8, 4) is 11.3 Å². The van der Waals surface area contributed by atoms with Gasteiger partial charge < -0.3 is 14.7 Å². The summed E-state index contributed by atoms with van der Waals surface area (Å²) < 4.78 is 34.1. The summed E-state index contributed by atoms with van der Waals surface area (Å²) in [5.74, 6) is -1.06. The van der Waals surface area contributed by atoms with Gasteiger partial charge in [0.15, 0.2) is 5.76 Å². The van der Waals surface area contributed by atoms with E-state index >= 15 is 0 Å². The van der Waals surface area contributed by atoms with E-state index < -0.39 is 30.1 Å². The Kier molecular flexibility index (Phi) is 6.72. The maximum absolute atomic E-state index is 14.8. The van der Waals surface area contributed by atoms with Crippen LogP contribution in [0.1, 0.15) is 56.0 Å². The number of aromatic nitrogens is 2. The first-order chi connectivity index (χ1) is 16.2. The van der Waals surface area contributed by atoms with Crippen molar-refractivity contribution in [3.05, 3.63) is 71.4 Å². The number of carbonyl (C=O) groups excluding carboxylic acids is 2. The SMILES string of the molecule is CC(=O)N1C[C@H](F)C[C@H]1C(=O)N[C@@H](c1cccc(-c2ccno2)c1)c1ccc(C(C)C)c(F)n1. The predicted molar refractivity (Wildman–Crippen MR) is 121 cm³/mol. The van der Waals surface area contributed by atoms with E-state index in [1.807, 2.05) is 19.9 Å². The maximum Gasteiger partial charge on any atom is 0.243 e. The Morgan fingerprint density at radius 3 is 2.65 bits per heavy atom. The molecule has 1 saturated heterocycles. The van der Waals surface area contributed by atoms with Crippen molar-refractivity contribution in [2.75, 3.05) is 6.54 Å². The first-order valence-corrected chi connectivity index (χ1v) is 11.1. The van der Waals surface area contributed by atoms with Gasteiger partial charge in [-0.3, -0.25) is 9.59 Å². The highest BCUT2D eigenvalue weighted by Gasteiger charge is 2.39. The van der Waals surface area contributed by atoms with Gasteiger partial charge in [0.1, 0.15) is 12.2 Å². The average Bonchev–Trinajstić information content (AvgIpc) is 3.47. The molecule has 0 unspecified atom stereocenters. The Bertz CT molecular complexity index is 1180. The minimum absolute atomic E-state index is 0.0616. The topological polar surface area (TPSA) is 88.3 Å². The number of alkyl halides is 1. The van der Waals surface area contributed by atoms with Crippen molar-refractivity contribution >= 4 is 11.8 Å². The second-order valence-corrected chi connectivity index (χ2v) is 8.73. The van der Waals surface area contributed by atoms with Crippen LogP contribution in [0.2, 0.25) is 0 Å². The average molecular weight is 469 g/mol. The van der Waals surface area contributed by atoms with Gasteiger partial charge in [-0.2, -0.15) is 4.39 Å². The molecule has 1 N–H and O–H groups in total. The Labute approximate surface area is 196 Å². The van der Waals surface area contributed by atoms with Crippen LogP contribution in [0.5, 0.6) is 0 Å². The summed E-state index contributed by atoms with van der Waals surface area (Å²) in [7, 11) is 0. The minimum atomic E-state index is -1.28. The Balaban J connectivity index is 1.72. The molecule has 178 valence electrons. The monoisotopic (exact) mass is 468 g/mol. The van der Waals surface area contributed by atoms with E-state index in [9.17, 15) is 18.4 Å². The zero-order valence-corrected chi connectivity index (χ0v) is 19.2. The third kappa shape index (κ3) is 4.83. The Morgan fingerprint density at radius 1 is 1.21 bits per heavy atom. The van der Waals surface area contributed by atoms with Gasteiger partial charge >= 0.3 is 0 Å². The lowest BCUT2D eigenvalue weighted by Gasteiger charge is -2.26. The van der Waals surface area contributed by atoms with Crippen molar-refractivity contribution in [3.63, 3.8) is 0 Å². The summed E-state index contributed by atoms with van der Waals surface area (Å²) in [4.78, 5) is 30.5. The Morgan fingerprint density at radius 2 is 2.00 bits per heavy atom. The summed E-state index contributed by atoms with van der Waals surface area (Å²) in [5.41, 5.74) is 2.08. The highest BCUT2D eigenvalue weighted by atomic mass is 19.1. The number of likely N-dealkylation sites (tertiary alicyclic amines) is 1. The van der Waals surface area contributed by atoms with Crippen LogP contribution in [0.25, 0.3) is 11.3 Å². The van der Waals surface area contributed by atoms with Crippen LogP contribution in [0.15, 0.2) is 53.2 Å². The van der Waals surface area contributed by atoms with E-state index in [4.69, 9.17) is 4.52 Å². The standard InChI is InChI=1S/C25H26F2N4O3/c1-14(2)19-7-8-20(29-24(19)27)23(17-6-4-5-16(11-17)22-9-10-28-34-22)30-25(33)21-12-18(26)13-31(21)15(3)32/h4-11,14,18,21,23H,12-13H2,1-3H3,(H,30,33)/t18-,21+,23+/m1/s1. The van der Waals surface area contributed by atoms with E-state index in [0.29, 0.717) is 22.5 Å². The molecule has 34 heavy (non-hydrogen) atoms. The summed E-state index contributed by atoms with van der Waals surface area (Å²) in [6.07, 6.45) is 0.144. The van der Waals surface area contributed by atoms with Crippen LogP contribution in [0.3, 0.4) is 0 Å². The molecule has 7 nitrogen and oxygen atoms in total. The number of pyridine rings is 1. The van der Waals surface area contributed by atoms with E-state index in [0.717, 1.165) is 0 Å². The van der Waals surface area contributed by atoms with E-state index in [2.05, 4.69) is 15.5 Å². The number of rotatable bonds is 6. The number of benzene rings is 1. The molecule has 3 aromatic rings. The van der Waals surface area contributed by atoms with E-state index in [1.54, 1.807) is 36.4 Å². The molecule has 1 aromatic carbocycles. The number of hydrogen-bond acceptors (Lipinski definition) is 5. The molecule has 3 atom stereocenters. The molecule has 2 amide bonds. The summed E-state index contributed by atoms with van der Waals surface area (Å²) >= 11 is 0. The molecule has 0 bridgehead atoms. The quantitative estimate of drug-likeness (QED) is 0.549. The summed E-state index contributed by atoms with van der Waals surface area (Å²) in [5, 5.41) is 6.59. The van der Waals surface area contributed by atoms with Crippen molar-refractivity contribution in [1.82, 2.24) is 20.4 Å². The zero-order valence-electron chi connectivity index (χ0n) is 19.2. The fourth-order valence-corrected chi connectivity index (χ4v) is 4.23. The highest BCUT2D eigenvalue weighted by Crippen LogP contribution is 2.29. The molecule has 1 aliphatic rings. The van der Waals surface area contributed by atoms with Crippen LogP contribution >= 0.6 is 0 Å². The van der Waals surface area contributed by atoms with Crippen molar-refractivity contribution in [1.29, 1.82) is 0 Å². The smallest absolute Gasteiger partial charge is 0.243 e. The number of nitrogens with one attached hydrogen (secondary N) is 1. The van der Waals surface area contributed by atoms with Gasteiger partial charge in [0.25, 0.3) is 0 Å². The number of amides is 2. The van der Waals surface area contributed by atoms with Gasteiger partial charge in [0.05, 0.1) is 24.5 Å². The number of hydrogen-bond donors (Lipinski definition) is 1. The minimum Gasteiger partial charge on any atom is -0.356 e. The molecule has 0 aliphatic carbocycles. The van der Waals surface area contributed by atoms with Crippen LogP contribution in [-0.2, 0) is 9.59 Å². The third-order valence-corrected chi connectivity index (χ3v) is 6.00. The summed E-state index contributed by atoms with van der Waals surface area (Å²) in [6.45, 7) is 4.90. The van der Waals surface area contributed by atoms with Gasteiger partial charge in [-0.1, -0.05) is 43.3 Å². The highest BCUT2D eigenvalue weighted by molar-refractivity contribution is 5.88. The van der Waals surface area contributed by atoms with Gasteiger partial charge in [0.2, 0.25) is 17.8 Å². The second kappa shape index (κ2) is 9.70. The maximum atomic E-state index is 14.8. The third-order valence-electron chi connectivity index (χ3n) is 6.00. The van der Waals surface area contributed by atoms with Gasteiger partial charge in [-0.15, -0.1) is 0 Å². The molecule has 3 heterocycles. The fourth-order valence-electron chi connectivity index (χ4n) is 4.23. The van der Waals surface area contributed by atoms with Gasteiger partial charge in [-0.25, -0.2) is 9.37 Å². The largest absolute Gasteiger partial charge is 0.356 e. The van der Waals surface area contributed by atoms with Crippen molar-refractivity contribution in [2.45, 2.75) is 51.4 Å². The van der Waals surface area contributed by atoms with Crippen LogP contribution in [0, 0.1) is 5.95 Å². The fraction of sp³-hybridized carbons (Fsp3) is 0.360. The molecular weight excluding hydrogens is 442 g/mol. The molecule has 1 aliphatic heterocycles. The molecule has 0 spiro atoms. The van der Waals surface area contributed by atoms with Gasteiger partial charge in [-0.05, 0) is 23.6 Å². The summed E-state index contributed by atoms with van der Waals surface area (Å²) in [6, 6.07) is 10.4. The van der Waals surface area contributed by atoms with Crippen LogP contribution in [0.4, 0.5) is 8.78 Å². The lowest BCUT2D eigenvalue weighted by atomic mass is 9.97. The number of halogens is 2. The number of carbonyl (C=O) groups is 2. The van der Waals surface area contributed by atoms with E-state index in [-0.39, 0.29) is 30.5 Å². The molecule has 9 heteroatoms. The molecule has 0 saturated carbocycles. The van der Waals surface area contributed by atoms with Crippen LogP contribution in [-0.4, -0.2) is 45.6 Å². The first-order valence-electron chi connectivity index (χ1n) is 11.1. The molecule has 4 rings (SSSR count). The number of nitrogens with zero attached hydrogens (tertiary/aromatic N) is 3. The lowest BCUT2D eigenvalue weighted by molar-refractivity contribution is -0.137. The zero-order chi connectivity index (χ0) is 24.4. The molecule has 0 radical (unpaired) electrons. The van der Waals surface area contributed by atoms with Gasteiger partial charge in [0, 0.05) is 30.5 Å². The Hall–Kier alpha value is -3.62. The first kappa shape index (κ1) is 23.5.